The minimum atomic E-state index is -0.358. The van der Waals surface area contributed by atoms with Gasteiger partial charge < -0.3 is 14.9 Å². The number of likely N-dealkylation sites (tertiary alicyclic amines) is 2. The Labute approximate surface area is 164 Å². The molecule has 154 valence electrons. The molecule has 3 heterocycles. The van der Waals surface area contributed by atoms with Crippen molar-refractivity contribution in [1.82, 2.24) is 24.8 Å². The van der Waals surface area contributed by atoms with Crippen molar-refractivity contribution in [2.45, 2.75) is 77.9 Å². The third-order valence-corrected chi connectivity index (χ3v) is 6.00. The molecule has 6 nitrogen and oxygen atoms in total. The van der Waals surface area contributed by atoms with Crippen molar-refractivity contribution < 1.29 is 5.11 Å². The number of piperidine rings is 1. The van der Waals surface area contributed by atoms with Crippen LogP contribution in [0.1, 0.15) is 71.0 Å². The van der Waals surface area contributed by atoms with Crippen molar-refractivity contribution in [3.63, 3.8) is 0 Å². The zero-order valence-corrected chi connectivity index (χ0v) is 17.6. The number of hydrogen-bond donors (Lipinski definition) is 1. The lowest BCUT2D eigenvalue weighted by atomic mass is 9.90. The predicted molar refractivity (Wildman–Crippen MR) is 109 cm³/mol. The summed E-state index contributed by atoms with van der Waals surface area (Å²) in [5, 5.41) is 18.0. The molecule has 2 aliphatic heterocycles. The minimum Gasteiger partial charge on any atom is -0.393 e. The van der Waals surface area contributed by atoms with E-state index in [1.807, 2.05) is 10.9 Å². The summed E-state index contributed by atoms with van der Waals surface area (Å²) in [5.74, 6) is 0. The molecule has 0 bridgehead atoms. The molecule has 1 aromatic rings. The van der Waals surface area contributed by atoms with Gasteiger partial charge in [-0.15, -0.1) is 5.10 Å². The van der Waals surface area contributed by atoms with Crippen LogP contribution in [-0.4, -0.2) is 75.3 Å². The standard InChI is InChI=1S/C21H39N5O/c1-18(27)14-19-15-26(23-22-19)20-8-12-25(13-9-20)17-21(2,3)16-24-10-6-4-5-7-11-24/h15,18,20,27H,4-14,16-17H2,1-3H3/t18-/m1/s1. The van der Waals surface area contributed by atoms with E-state index in [1.165, 1.54) is 51.9 Å². The van der Waals surface area contributed by atoms with Crippen molar-refractivity contribution in [1.29, 1.82) is 0 Å². The lowest BCUT2D eigenvalue weighted by molar-refractivity contribution is 0.0951. The van der Waals surface area contributed by atoms with Crippen molar-refractivity contribution in [2.75, 3.05) is 39.3 Å². The second-order valence-electron chi connectivity index (χ2n) is 9.60. The van der Waals surface area contributed by atoms with Crippen molar-refractivity contribution >= 4 is 0 Å². The highest BCUT2D eigenvalue weighted by Gasteiger charge is 2.28. The quantitative estimate of drug-likeness (QED) is 0.792. The summed E-state index contributed by atoms with van der Waals surface area (Å²) >= 11 is 0. The highest BCUT2D eigenvalue weighted by molar-refractivity contribution is 4.96. The van der Waals surface area contributed by atoms with Gasteiger partial charge in [-0.1, -0.05) is 31.9 Å². The van der Waals surface area contributed by atoms with E-state index < -0.39 is 0 Å². The summed E-state index contributed by atoms with van der Waals surface area (Å²) in [4.78, 5) is 5.33. The molecule has 1 atom stereocenters. The normalized spacial score (nSPS) is 22.7. The maximum Gasteiger partial charge on any atom is 0.0852 e. The topological polar surface area (TPSA) is 57.4 Å². The number of aliphatic hydroxyl groups excluding tert-OH is 1. The van der Waals surface area contributed by atoms with Gasteiger partial charge in [0.2, 0.25) is 0 Å². The Kier molecular flexibility index (Phi) is 7.29. The minimum absolute atomic E-state index is 0.342. The molecular weight excluding hydrogens is 338 g/mol. The van der Waals surface area contributed by atoms with Crippen molar-refractivity contribution in [3.05, 3.63) is 11.9 Å². The van der Waals surface area contributed by atoms with Gasteiger partial charge in [0.05, 0.1) is 17.8 Å². The predicted octanol–water partition coefficient (Wildman–Crippen LogP) is 2.74. The fourth-order valence-corrected chi connectivity index (χ4v) is 4.78. The van der Waals surface area contributed by atoms with Gasteiger partial charge in [0.15, 0.2) is 0 Å². The van der Waals surface area contributed by atoms with Gasteiger partial charge in [-0.25, -0.2) is 4.68 Å². The monoisotopic (exact) mass is 377 g/mol. The third kappa shape index (κ3) is 6.54. The van der Waals surface area contributed by atoms with Crippen LogP contribution in [0.2, 0.25) is 0 Å². The first-order valence-electron chi connectivity index (χ1n) is 10.9. The SMILES string of the molecule is C[C@@H](O)Cc1cn(C2CCN(CC(C)(C)CN3CCCCCC3)CC2)nn1. The molecule has 0 amide bonds. The molecule has 1 N–H and O–H groups in total. The van der Waals surface area contributed by atoms with Crippen LogP contribution in [0.25, 0.3) is 0 Å². The Balaban J connectivity index is 1.44. The molecule has 0 unspecified atom stereocenters. The third-order valence-electron chi connectivity index (χ3n) is 6.00. The first kappa shape index (κ1) is 20.7. The van der Waals surface area contributed by atoms with Gasteiger partial charge in [-0.2, -0.15) is 0 Å². The molecule has 0 radical (unpaired) electrons. The highest BCUT2D eigenvalue weighted by atomic mass is 16.3. The zero-order chi connectivity index (χ0) is 19.3. The summed E-state index contributed by atoms with van der Waals surface area (Å²) in [6, 6.07) is 0.449. The van der Waals surface area contributed by atoms with Crippen LogP contribution in [0, 0.1) is 5.41 Å². The fourth-order valence-electron chi connectivity index (χ4n) is 4.78. The smallest absolute Gasteiger partial charge is 0.0852 e. The molecule has 0 aliphatic carbocycles. The van der Waals surface area contributed by atoms with E-state index in [0.717, 1.165) is 31.6 Å². The lowest BCUT2D eigenvalue weighted by Gasteiger charge is -2.39. The van der Waals surface area contributed by atoms with E-state index in [0.29, 0.717) is 17.9 Å². The van der Waals surface area contributed by atoms with Crippen LogP contribution in [0.4, 0.5) is 0 Å². The maximum absolute atomic E-state index is 9.51. The first-order valence-corrected chi connectivity index (χ1v) is 10.9. The Morgan fingerprint density at radius 2 is 1.63 bits per heavy atom. The Morgan fingerprint density at radius 3 is 2.22 bits per heavy atom. The van der Waals surface area contributed by atoms with E-state index >= 15 is 0 Å². The number of hydrogen-bond acceptors (Lipinski definition) is 5. The molecule has 2 fully saturated rings. The Hall–Kier alpha value is -0.980. The molecule has 3 rings (SSSR count). The van der Waals surface area contributed by atoms with E-state index in [-0.39, 0.29) is 6.10 Å². The molecule has 0 aromatic carbocycles. The van der Waals surface area contributed by atoms with Crippen molar-refractivity contribution in [2.24, 2.45) is 5.41 Å². The number of rotatable bonds is 7. The number of nitrogens with zero attached hydrogens (tertiary/aromatic N) is 5. The molecule has 0 spiro atoms. The Morgan fingerprint density at radius 1 is 1.04 bits per heavy atom. The van der Waals surface area contributed by atoms with E-state index in [1.54, 1.807) is 6.92 Å². The molecular formula is C21H39N5O. The molecule has 1 aromatic heterocycles. The zero-order valence-electron chi connectivity index (χ0n) is 17.6. The van der Waals surface area contributed by atoms with E-state index in [2.05, 4.69) is 34.0 Å². The fraction of sp³-hybridized carbons (Fsp3) is 0.905. The van der Waals surface area contributed by atoms with Gasteiger partial charge in [0.25, 0.3) is 0 Å². The van der Waals surface area contributed by atoms with Gasteiger partial charge in [0, 0.05) is 38.8 Å². The van der Waals surface area contributed by atoms with Crippen LogP contribution in [0.3, 0.4) is 0 Å². The summed E-state index contributed by atoms with van der Waals surface area (Å²) in [6.45, 7) is 13.9. The van der Waals surface area contributed by atoms with Crippen LogP contribution in [0.5, 0.6) is 0 Å². The first-order chi connectivity index (χ1) is 12.9. The Bertz CT molecular complexity index is 555. The summed E-state index contributed by atoms with van der Waals surface area (Å²) < 4.78 is 2.03. The second-order valence-corrected chi connectivity index (χ2v) is 9.60. The lowest BCUT2D eigenvalue weighted by Crippen LogP contribution is -2.45. The van der Waals surface area contributed by atoms with E-state index in [9.17, 15) is 5.11 Å². The van der Waals surface area contributed by atoms with Gasteiger partial charge in [0.1, 0.15) is 0 Å². The molecule has 27 heavy (non-hydrogen) atoms. The van der Waals surface area contributed by atoms with Crippen LogP contribution < -0.4 is 0 Å². The van der Waals surface area contributed by atoms with E-state index in [4.69, 9.17) is 0 Å². The highest BCUT2D eigenvalue weighted by Crippen LogP contribution is 2.26. The second kappa shape index (κ2) is 9.48. The van der Waals surface area contributed by atoms with Gasteiger partial charge >= 0.3 is 0 Å². The van der Waals surface area contributed by atoms with Crippen LogP contribution in [-0.2, 0) is 6.42 Å². The van der Waals surface area contributed by atoms with Crippen molar-refractivity contribution in [3.8, 4) is 0 Å². The number of aliphatic hydroxyl groups is 1. The summed E-state index contributed by atoms with van der Waals surface area (Å²) in [5.41, 5.74) is 1.24. The molecule has 6 heteroatoms. The average molecular weight is 378 g/mol. The number of aromatic nitrogens is 3. The molecule has 2 aliphatic rings. The maximum atomic E-state index is 9.51. The summed E-state index contributed by atoms with van der Waals surface area (Å²) in [6.07, 6.45) is 10.1. The van der Waals surface area contributed by atoms with Crippen LogP contribution in [0.15, 0.2) is 6.20 Å². The molecule has 0 saturated carbocycles. The molecule has 2 saturated heterocycles. The van der Waals surface area contributed by atoms with Crippen LogP contribution >= 0.6 is 0 Å². The summed E-state index contributed by atoms with van der Waals surface area (Å²) in [7, 11) is 0. The average Bonchev–Trinajstić information content (AvgIpc) is 2.90. The largest absolute Gasteiger partial charge is 0.393 e. The van der Waals surface area contributed by atoms with Gasteiger partial charge in [-0.3, -0.25) is 0 Å². The van der Waals surface area contributed by atoms with Gasteiger partial charge in [-0.05, 0) is 51.1 Å².